The second-order valence-electron chi connectivity index (χ2n) is 4.90. The summed E-state index contributed by atoms with van der Waals surface area (Å²) in [6.45, 7) is 0. The number of hydrogen-bond acceptors (Lipinski definition) is 5. The van der Waals surface area contributed by atoms with Crippen LogP contribution in [0.3, 0.4) is 0 Å². The summed E-state index contributed by atoms with van der Waals surface area (Å²) in [6, 6.07) is 12.4. The van der Waals surface area contributed by atoms with Gasteiger partial charge < -0.3 is 10.6 Å². The fraction of sp³-hybridized carbons (Fsp3) is 0.125. The molecule has 0 fully saturated rings. The van der Waals surface area contributed by atoms with E-state index in [1.165, 1.54) is 22.5 Å². The Hall–Kier alpha value is -2.06. The molecule has 1 heterocycles. The van der Waals surface area contributed by atoms with E-state index in [1.807, 2.05) is 24.3 Å². The molecule has 24 heavy (non-hydrogen) atoms. The number of benzene rings is 2. The van der Waals surface area contributed by atoms with Crippen LogP contribution in [0, 0.1) is 5.82 Å². The van der Waals surface area contributed by atoms with E-state index in [1.54, 1.807) is 19.2 Å². The second kappa shape index (κ2) is 7.23. The summed E-state index contributed by atoms with van der Waals surface area (Å²) in [7, 11) is 1.59. The van der Waals surface area contributed by atoms with Crippen molar-refractivity contribution < 1.29 is 9.13 Å². The largest absolute Gasteiger partial charge is 0.496 e. The maximum absolute atomic E-state index is 13.9. The molecule has 0 atom stereocenters. The molecule has 0 amide bonds. The van der Waals surface area contributed by atoms with Crippen LogP contribution in [0.2, 0.25) is 0 Å². The number of hydrogen-bond donors (Lipinski definition) is 1. The highest BCUT2D eigenvalue weighted by Crippen LogP contribution is 2.30. The molecule has 0 saturated heterocycles. The van der Waals surface area contributed by atoms with Crippen LogP contribution in [-0.2, 0) is 5.75 Å². The minimum absolute atomic E-state index is 0.273. The number of nitrogens with zero attached hydrogens (tertiary/aromatic N) is 3. The Kier molecular flexibility index (Phi) is 5.06. The molecule has 3 aromatic rings. The zero-order chi connectivity index (χ0) is 17.1. The predicted molar refractivity (Wildman–Crippen MR) is 95.8 cm³/mol. The van der Waals surface area contributed by atoms with Gasteiger partial charge in [-0.1, -0.05) is 45.9 Å². The van der Waals surface area contributed by atoms with Gasteiger partial charge in [-0.2, -0.15) is 0 Å². The van der Waals surface area contributed by atoms with Crippen LogP contribution in [0.5, 0.6) is 5.75 Å². The van der Waals surface area contributed by atoms with E-state index < -0.39 is 0 Å². The van der Waals surface area contributed by atoms with Crippen molar-refractivity contribution in [1.82, 2.24) is 14.9 Å². The highest BCUT2D eigenvalue weighted by Gasteiger charge is 2.16. The van der Waals surface area contributed by atoms with Gasteiger partial charge in [0.15, 0.2) is 5.82 Å². The lowest BCUT2D eigenvalue weighted by Crippen LogP contribution is -2.12. The van der Waals surface area contributed by atoms with Crippen molar-refractivity contribution in [3.05, 3.63) is 58.3 Å². The van der Waals surface area contributed by atoms with Crippen LogP contribution in [-0.4, -0.2) is 22.0 Å². The minimum atomic E-state index is -0.273. The first-order valence-electron chi connectivity index (χ1n) is 7.00. The molecule has 0 saturated carbocycles. The monoisotopic (exact) mass is 408 g/mol. The number of thioether (sulfide) groups is 1. The van der Waals surface area contributed by atoms with Crippen molar-refractivity contribution in [3.8, 4) is 17.1 Å². The lowest BCUT2D eigenvalue weighted by Gasteiger charge is -2.08. The lowest BCUT2D eigenvalue weighted by molar-refractivity contribution is 0.416. The van der Waals surface area contributed by atoms with Gasteiger partial charge in [0.25, 0.3) is 0 Å². The highest BCUT2D eigenvalue weighted by molar-refractivity contribution is 9.10. The van der Waals surface area contributed by atoms with Crippen LogP contribution in [0.4, 0.5) is 4.39 Å². The zero-order valence-corrected chi connectivity index (χ0v) is 15.1. The van der Waals surface area contributed by atoms with Crippen molar-refractivity contribution in [1.29, 1.82) is 0 Å². The molecule has 0 aliphatic carbocycles. The fourth-order valence-corrected chi connectivity index (χ4v) is 3.35. The molecule has 0 spiro atoms. The molecule has 2 N–H and O–H groups in total. The molecule has 0 aliphatic heterocycles. The Bertz CT molecular complexity index is 871. The van der Waals surface area contributed by atoms with E-state index in [0.29, 0.717) is 32.5 Å². The lowest BCUT2D eigenvalue weighted by atomic mass is 10.2. The van der Waals surface area contributed by atoms with Crippen LogP contribution in [0.1, 0.15) is 5.56 Å². The van der Waals surface area contributed by atoms with Gasteiger partial charge in [0.1, 0.15) is 11.6 Å². The molecule has 0 unspecified atom stereocenters. The molecule has 8 heteroatoms. The van der Waals surface area contributed by atoms with E-state index in [0.717, 1.165) is 5.56 Å². The van der Waals surface area contributed by atoms with Gasteiger partial charge in [-0.05, 0) is 29.8 Å². The smallest absolute Gasteiger partial charge is 0.210 e. The maximum Gasteiger partial charge on any atom is 0.210 e. The van der Waals surface area contributed by atoms with Crippen molar-refractivity contribution in [2.75, 3.05) is 13.0 Å². The molecule has 2 aromatic carbocycles. The standard InChI is InChI=1S/C16H14BrFN4OS/c1-23-14-5-3-2-4-12(14)15-20-21-16(22(15)19)24-9-10-6-7-11(17)8-13(10)18/h2-8H,9,19H2,1H3. The third kappa shape index (κ3) is 3.39. The first-order chi connectivity index (χ1) is 11.6. The Morgan fingerprint density at radius 1 is 1.25 bits per heavy atom. The number of rotatable bonds is 5. The quantitative estimate of drug-likeness (QED) is 0.512. The zero-order valence-electron chi connectivity index (χ0n) is 12.7. The maximum atomic E-state index is 13.9. The average molecular weight is 409 g/mol. The molecule has 0 radical (unpaired) electrons. The number of ether oxygens (including phenoxy) is 1. The van der Waals surface area contributed by atoms with E-state index >= 15 is 0 Å². The second-order valence-corrected chi connectivity index (χ2v) is 6.76. The topological polar surface area (TPSA) is 66.0 Å². The van der Waals surface area contributed by atoms with E-state index in [2.05, 4.69) is 26.1 Å². The first kappa shape index (κ1) is 16.8. The van der Waals surface area contributed by atoms with Crippen LogP contribution in [0.25, 0.3) is 11.4 Å². The molecule has 0 aliphatic rings. The number of nitrogens with two attached hydrogens (primary N) is 1. The molecule has 5 nitrogen and oxygen atoms in total. The van der Waals surface area contributed by atoms with Gasteiger partial charge in [0, 0.05) is 10.2 Å². The Balaban J connectivity index is 1.83. The number of nitrogen functional groups attached to an aromatic ring is 1. The van der Waals surface area contributed by atoms with Crippen molar-refractivity contribution in [3.63, 3.8) is 0 Å². The number of aromatic nitrogens is 3. The molecular weight excluding hydrogens is 395 g/mol. The van der Waals surface area contributed by atoms with Gasteiger partial charge in [-0.25, -0.2) is 9.07 Å². The fourth-order valence-electron chi connectivity index (χ4n) is 2.17. The summed E-state index contributed by atoms with van der Waals surface area (Å²) < 4.78 is 21.3. The summed E-state index contributed by atoms with van der Waals surface area (Å²) in [6.07, 6.45) is 0. The summed E-state index contributed by atoms with van der Waals surface area (Å²) in [5.74, 6) is 7.38. The average Bonchev–Trinajstić information content (AvgIpc) is 2.94. The number of para-hydroxylation sites is 1. The van der Waals surface area contributed by atoms with E-state index in [4.69, 9.17) is 10.6 Å². The van der Waals surface area contributed by atoms with Gasteiger partial charge >= 0.3 is 0 Å². The molecule has 1 aromatic heterocycles. The summed E-state index contributed by atoms with van der Waals surface area (Å²) in [4.78, 5) is 0. The van der Waals surface area contributed by atoms with E-state index in [9.17, 15) is 4.39 Å². The Morgan fingerprint density at radius 2 is 2.04 bits per heavy atom. The summed E-state index contributed by atoms with van der Waals surface area (Å²) in [5.41, 5.74) is 1.32. The predicted octanol–water partition coefficient (Wildman–Crippen LogP) is 3.86. The molecule has 124 valence electrons. The van der Waals surface area contributed by atoms with Crippen molar-refractivity contribution in [2.45, 2.75) is 10.9 Å². The molecular formula is C16H14BrFN4OS. The number of halogens is 2. The van der Waals surface area contributed by atoms with Gasteiger partial charge in [-0.3, -0.25) is 0 Å². The van der Waals surface area contributed by atoms with Crippen molar-refractivity contribution in [2.24, 2.45) is 0 Å². The Labute approximate surface area is 151 Å². The van der Waals surface area contributed by atoms with Crippen LogP contribution >= 0.6 is 27.7 Å². The van der Waals surface area contributed by atoms with Crippen molar-refractivity contribution >= 4 is 27.7 Å². The van der Waals surface area contributed by atoms with Gasteiger partial charge in [0.05, 0.1) is 12.7 Å². The number of methoxy groups -OCH3 is 1. The Morgan fingerprint density at radius 3 is 2.79 bits per heavy atom. The highest BCUT2D eigenvalue weighted by atomic mass is 79.9. The normalized spacial score (nSPS) is 10.8. The third-order valence-electron chi connectivity index (χ3n) is 3.38. The first-order valence-corrected chi connectivity index (χ1v) is 8.78. The third-order valence-corrected chi connectivity index (χ3v) is 4.87. The van der Waals surface area contributed by atoms with Crippen LogP contribution in [0.15, 0.2) is 52.1 Å². The minimum Gasteiger partial charge on any atom is -0.496 e. The summed E-state index contributed by atoms with van der Waals surface area (Å²) in [5, 5.41) is 8.72. The van der Waals surface area contributed by atoms with Gasteiger partial charge in [-0.15, -0.1) is 10.2 Å². The SMILES string of the molecule is COc1ccccc1-c1nnc(SCc2ccc(Br)cc2F)n1N. The molecule has 3 rings (SSSR count). The molecule has 0 bridgehead atoms. The van der Waals surface area contributed by atoms with E-state index in [-0.39, 0.29) is 5.82 Å². The van der Waals surface area contributed by atoms with Gasteiger partial charge in [0.2, 0.25) is 5.16 Å². The summed E-state index contributed by atoms with van der Waals surface area (Å²) >= 11 is 4.56. The van der Waals surface area contributed by atoms with Crippen LogP contribution < -0.4 is 10.6 Å².